The summed E-state index contributed by atoms with van der Waals surface area (Å²) in [5, 5.41) is 3.36. The number of amides is 1. The Morgan fingerprint density at radius 3 is 2.47 bits per heavy atom. The van der Waals surface area contributed by atoms with Crippen molar-refractivity contribution in [1.29, 1.82) is 0 Å². The lowest BCUT2D eigenvalue weighted by molar-refractivity contribution is 0.102. The summed E-state index contributed by atoms with van der Waals surface area (Å²) in [6, 6.07) is 10.4. The minimum atomic E-state index is -0.286. The lowest BCUT2D eigenvalue weighted by atomic mass is 10.2. The number of nitrogens with one attached hydrogen (secondary N) is 1. The van der Waals surface area contributed by atoms with Crippen LogP contribution in [-0.4, -0.2) is 5.91 Å². The van der Waals surface area contributed by atoms with Crippen LogP contribution in [0.25, 0.3) is 0 Å². The minimum Gasteiger partial charge on any atom is -0.321 e. The van der Waals surface area contributed by atoms with E-state index in [0.29, 0.717) is 30.7 Å². The molecule has 0 aromatic heterocycles. The van der Waals surface area contributed by atoms with E-state index >= 15 is 0 Å². The minimum absolute atomic E-state index is 0.286. The van der Waals surface area contributed by atoms with Crippen LogP contribution in [0.2, 0.25) is 10.0 Å². The highest BCUT2D eigenvalue weighted by Gasteiger charge is 2.13. The lowest BCUT2D eigenvalue weighted by Crippen LogP contribution is -2.13. The highest BCUT2D eigenvalue weighted by molar-refractivity contribution is 9.10. The molecule has 0 radical (unpaired) electrons. The monoisotopic (exact) mass is 375 g/mol. The van der Waals surface area contributed by atoms with Gasteiger partial charge in [-0.25, -0.2) is 0 Å². The predicted octanol–water partition coefficient (Wildman–Crippen LogP) is 5.30. The Labute approximate surface area is 134 Å². The van der Waals surface area contributed by atoms with Gasteiger partial charge >= 0.3 is 0 Å². The molecular weight excluding hydrogens is 369 g/mol. The molecule has 0 unspecified atom stereocenters. The number of halogens is 3. The first-order valence-corrected chi connectivity index (χ1v) is 7.23. The summed E-state index contributed by atoms with van der Waals surface area (Å²) in [4.78, 5) is 12.7. The van der Waals surface area contributed by atoms with Crippen molar-refractivity contribution < 1.29 is 4.79 Å². The molecule has 0 heterocycles. The van der Waals surface area contributed by atoms with Crippen molar-refractivity contribution in [2.75, 3.05) is 5.32 Å². The Balaban J connectivity index is 2.30. The van der Waals surface area contributed by atoms with Crippen LogP contribution in [0, 0.1) is 0 Å². The van der Waals surface area contributed by atoms with Crippen molar-refractivity contribution in [3.63, 3.8) is 0 Å². The molecule has 0 aliphatic rings. The first kappa shape index (κ1) is 14.7. The number of carbonyl (C=O) groups is 1. The van der Waals surface area contributed by atoms with Gasteiger partial charge < -0.3 is 5.32 Å². The van der Waals surface area contributed by atoms with Crippen LogP contribution in [0.15, 0.2) is 45.8 Å². The Kier molecular flexibility index (Phi) is 4.79. The molecule has 0 fully saturated rings. The Morgan fingerprint density at radius 2 is 1.79 bits per heavy atom. The summed E-state index contributed by atoms with van der Waals surface area (Å²) in [7, 11) is 0. The molecular formula is C13H8BrCl2NOS. The summed E-state index contributed by atoms with van der Waals surface area (Å²) >= 11 is 19.6. The van der Waals surface area contributed by atoms with Crippen molar-refractivity contribution in [3.05, 3.63) is 56.5 Å². The highest BCUT2D eigenvalue weighted by Crippen LogP contribution is 2.36. The highest BCUT2D eigenvalue weighted by atomic mass is 79.9. The van der Waals surface area contributed by atoms with Crippen LogP contribution in [0.1, 0.15) is 10.4 Å². The van der Waals surface area contributed by atoms with Crippen molar-refractivity contribution in [1.82, 2.24) is 0 Å². The SMILES string of the molecule is O=C(Nc1ccc(Br)c(Cl)c1Cl)c1ccccc1S. The second-order valence-electron chi connectivity index (χ2n) is 3.69. The van der Waals surface area contributed by atoms with Crippen molar-refractivity contribution in [2.45, 2.75) is 4.90 Å². The Bertz CT molecular complexity index is 649. The van der Waals surface area contributed by atoms with Gasteiger partial charge in [0.2, 0.25) is 0 Å². The van der Waals surface area contributed by atoms with E-state index in [-0.39, 0.29) is 5.91 Å². The van der Waals surface area contributed by atoms with Gasteiger partial charge in [0.25, 0.3) is 5.91 Å². The maximum atomic E-state index is 12.1. The fraction of sp³-hybridized carbons (Fsp3) is 0. The second kappa shape index (κ2) is 6.18. The predicted molar refractivity (Wildman–Crippen MR) is 85.8 cm³/mol. The standard InChI is InChI=1S/C13H8BrCl2NOS/c14-8-5-6-9(12(16)11(8)15)17-13(18)7-3-1-2-4-10(7)19/h1-6,19H,(H,17,18). The van der Waals surface area contributed by atoms with E-state index in [2.05, 4.69) is 33.9 Å². The summed E-state index contributed by atoms with van der Waals surface area (Å²) in [5.74, 6) is -0.286. The van der Waals surface area contributed by atoms with Crippen molar-refractivity contribution >= 4 is 63.4 Å². The number of carbonyl (C=O) groups excluding carboxylic acids is 1. The lowest BCUT2D eigenvalue weighted by Gasteiger charge is -2.10. The molecule has 6 heteroatoms. The summed E-state index contributed by atoms with van der Waals surface area (Å²) in [6.07, 6.45) is 0. The molecule has 0 bridgehead atoms. The van der Waals surface area contributed by atoms with E-state index in [4.69, 9.17) is 23.2 Å². The summed E-state index contributed by atoms with van der Waals surface area (Å²) in [6.45, 7) is 0. The zero-order valence-corrected chi connectivity index (χ0v) is 13.4. The molecule has 0 saturated heterocycles. The van der Waals surface area contributed by atoms with Crippen LogP contribution in [0.3, 0.4) is 0 Å². The van der Waals surface area contributed by atoms with Gasteiger partial charge in [-0.3, -0.25) is 4.79 Å². The number of hydrogen-bond acceptors (Lipinski definition) is 2. The molecule has 1 amide bonds. The fourth-order valence-electron chi connectivity index (χ4n) is 1.48. The molecule has 2 nitrogen and oxygen atoms in total. The van der Waals surface area contributed by atoms with Crippen LogP contribution in [-0.2, 0) is 0 Å². The van der Waals surface area contributed by atoms with E-state index in [1.807, 2.05) is 6.07 Å². The molecule has 0 aliphatic heterocycles. The zero-order chi connectivity index (χ0) is 14.0. The number of anilines is 1. The molecule has 98 valence electrons. The maximum absolute atomic E-state index is 12.1. The molecule has 0 spiro atoms. The van der Waals surface area contributed by atoms with E-state index in [1.165, 1.54) is 0 Å². The third-order valence-electron chi connectivity index (χ3n) is 2.43. The van der Waals surface area contributed by atoms with Gasteiger partial charge in [-0.05, 0) is 40.2 Å². The zero-order valence-electron chi connectivity index (χ0n) is 9.45. The molecule has 1 N–H and O–H groups in total. The number of rotatable bonds is 2. The quantitative estimate of drug-likeness (QED) is 0.540. The van der Waals surface area contributed by atoms with Gasteiger partial charge in [0.1, 0.15) is 0 Å². The van der Waals surface area contributed by atoms with E-state index in [9.17, 15) is 4.79 Å². The van der Waals surface area contributed by atoms with Crippen LogP contribution in [0.5, 0.6) is 0 Å². The van der Waals surface area contributed by atoms with Gasteiger partial charge in [-0.1, -0.05) is 35.3 Å². The average molecular weight is 377 g/mol. The molecule has 0 saturated carbocycles. The fourth-order valence-corrected chi connectivity index (χ4v) is 2.56. The van der Waals surface area contributed by atoms with Crippen molar-refractivity contribution in [3.8, 4) is 0 Å². The number of hydrogen-bond donors (Lipinski definition) is 2. The van der Waals surface area contributed by atoms with E-state index < -0.39 is 0 Å². The second-order valence-corrected chi connectivity index (χ2v) is 5.79. The molecule has 0 atom stereocenters. The first-order chi connectivity index (χ1) is 9.00. The Hall–Kier alpha value is -0.680. The number of benzene rings is 2. The average Bonchev–Trinajstić information content (AvgIpc) is 2.40. The van der Waals surface area contributed by atoms with Crippen LogP contribution in [0.4, 0.5) is 5.69 Å². The smallest absolute Gasteiger partial charge is 0.256 e. The molecule has 2 aromatic rings. The van der Waals surface area contributed by atoms with Crippen LogP contribution >= 0.6 is 51.8 Å². The third-order valence-corrected chi connectivity index (χ3v) is 4.59. The molecule has 19 heavy (non-hydrogen) atoms. The van der Waals surface area contributed by atoms with Gasteiger partial charge in [0.15, 0.2) is 0 Å². The van der Waals surface area contributed by atoms with E-state index in [1.54, 1.807) is 30.3 Å². The number of thiol groups is 1. The molecule has 0 aliphatic carbocycles. The largest absolute Gasteiger partial charge is 0.321 e. The first-order valence-electron chi connectivity index (χ1n) is 5.23. The topological polar surface area (TPSA) is 29.1 Å². The van der Waals surface area contributed by atoms with Gasteiger partial charge in [0, 0.05) is 9.37 Å². The normalized spacial score (nSPS) is 10.3. The molecule has 2 aromatic carbocycles. The summed E-state index contributed by atoms with van der Waals surface area (Å²) in [5.41, 5.74) is 0.928. The van der Waals surface area contributed by atoms with Gasteiger partial charge in [0.05, 0.1) is 21.3 Å². The van der Waals surface area contributed by atoms with E-state index in [0.717, 1.165) is 0 Å². The van der Waals surface area contributed by atoms with Crippen molar-refractivity contribution in [2.24, 2.45) is 0 Å². The third kappa shape index (κ3) is 3.26. The molecule has 2 rings (SSSR count). The Morgan fingerprint density at radius 1 is 1.11 bits per heavy atom. The van der Waals surface area contributed by atoms with Crippen LogP contribution < -0.4 is 5.32 Å². The maximum Gasteiger partial charge on any atom is 0.256 e. The summed E-state index contributed by atoms with van der Waals surface area (Å²) < 4.78 is 0.673. The van der Waals surface area contributed by atoms with Gasteiger partial charge in [-0.2, -0.15) is 0 Å². The van der Waals surface area contributed by atoms with Gasteiger partial charge in [-0.15, -0.1) is 12.6 Å².